The van der Waals surface area contributed by atoms with Crippen molar-refractivity contribution in [2.24, 2.45) is 7.05 Å². The number of rotatable bonds is 3. The van der Waals surface area contributed by atoms with E-state index in [-0.39, 0.29) is 12.0 Å². The zero-order valence-corrected chi connectivity index (χ0v) is 11.6. The third-order valence-corrected chi connectivity index (χ3v) is 3.37. The summed E-state index contributed by atoms with van der Waals surface area (Å²) < 4.78 is 7.36. The Hall–Kier alpha value is -2.81. The number of hydrogen-bond donors (Lipinski definition) is 0. The van der Waals surface area contributed by atoms with Crippen LogP contribution in [-0.2, 0) is 7.05 Å². The second kappa shape index (κ2) is 5.29. The van der Waals surface area contributed by atoms with Crippen LogP contribution in [0.15, 0.2) is 36.7 Å². The zero-order chi connectivity index (χ0) is 14.8. The van der Waals surface area contributed by atoms with Gasteiger partial charge in [0.05, 0.1) is 36.5 Å². The molecular formula is C15H14N4O2. The van der Waals surface area contributed by atoms with Gasteiger partial charge in [-0.3, -0.25) is 9.48 Å². The van der Waals surface area contributed by atoms with Crippen molar-refractivity contribution in [2.75, 3.05) is 13.1 Å². The molecule has 0 radical (unpaired) electrons. The summed E-state index contributed by atoms with van der Waals surface area (Å²) in [5, 5.41) is 12.7. The Morgan fingerprint density at radius 1 is 1.38 bits per heavy atom. The maximum atomic E-state index is 12.1. The number of amides is 1. The van der Waals surface area contributed by atoms with Crippen LogP contribution in [0.5, 0.6) is 5.75 Å². The average molecular weight is 282 g/mol. The van der Waals surface area contributed by atoms with Crippen molar-refractivity contribution in [3.8, 4) is 11.8 Å². The Bertz CT molecular complexity index is 693. The number of nitrogens with zero attached hydrogens (tertiary/aromatic N) is 4. The van der Waals surface area contributed by atoms with Crippen LogP contribution in [0, 0.1) is 11.3 Å². The summed E-state index contributed by atoms with van der Waals surface area (Å²) in [6, 6.07) is 9.03. The van der Waals surface area contributed by atoms with E-state index in [1.807, 2.05) is 0 Å². The normalized spacial score (nSPS) is 14.4. The molecular weight excluding hydrogens is 268 g/mol. The fraction of sp³-hybridized carbons (Fsp3) is 0.267. The third-order valence-electron chi connectivity index (χ3n) is 3.37. The van der Waals surface area contributed by atoms with Gasteiger partial charge in [0.1, 0.15) is 11.9 Å². The van der Waals surface area contributed by atoms with Crippen LogP contribution in [0.2, 0.25) is 0 Å². The first-order chi connectivity index (χ1) is 10.2. The van der Waals surface area contributed by atoms with Gasteiger partial charge in [0.2, 0.25) is 0 Å². The number of nitriles is 1. The SMILES string of the molecule is Cn1cc(C(=O)N2CC(Oc3ccc(C#N)cc3)C2)cn1. The van der Waals surface area contributed by atoms with Gasteiger partial charge in [-0.2, -0.15) is 10.4 Å². The summed E-state index contributed by atoms with van der Waals surface area (Å²) in [6.07, 6.45) is 3.27. The molecule has 0 atom stereocenters. The Morgan fingerprint density at radius 2 is 2.10 bits per heavy atom. The van der Waals surface area contributed by atoms with Crippen molar-refractivity contribution in [3.05, 3.63) is 47.8 Å². The lowest BCUT2D eigenvalue weighted by atomic mass is 10.1. The van der Waals surface area contributed by atoms with Crippen molar-refractivity contribution >= 4 is 5.91 Å². The maximum Gasteiger partial charge on any atom is 0.257 e. The summed E-state index contributed by atoms with van der Waals surface area (Å²) in [4.78, 5) is 13.8. The first-order valence-electron chi connectivity index (χ1n) is 6.60. The van der Waals surface area contributed by atoms with E-state index in [4.69, 9.17) is 10.00 Å². The zero-order valence-electron chi connectivity index (χ0n) is 11.6. The smallest absolute Gasteiger partial charge is 0.257 e. The standard InChI is InChI=1S/C15H14N4O2/c1-18-8-12(7-17-18)15(20)19-9-14(10-19)21-13-4-2-11(6-16)3-5-13/h2-5,7-8,14H,9-10H2,1H3. The second-order valence-corrected chi connectivity index (χ2v) is 4.99. The highest BCUT2D eigenvalue weighted by Crippen LogP contribution is 2.20. The predicted molar refractivity (Wildman–Crippen MR) is 74.7 cm³/mol. The molecule has 1 fully saturated rings. The Morgan fingerprint density at radius 3 is 2.67 bits per heavy atom. The Kier molecular flexibility index (Phi) is 3.32. The Labute approximate surface area is 122 Å². The van der Waals surface area contributed by atoms with Crippen LogP contribution in [0.25, 0.3) is 0 Å². The molecule has 1 aliphatic rings. The fourth-order valence-corrected chi connectivity index (χ4v) is 2.19. The van der Waals surface area contributed by atoms with Gasteiger partial charge in [0, 0.05) is 13.2 Å². The van der Waals surface area contributed by atoms with E-state index < -0.39 is 0 Å². The number of carbonyl (C=O) groups is 1. The molecule has 1 saturated heterocycles. The molecule has 0 spiro atoms. The van der Waals surface area contributed by atoms with Crippen LogP contribution >= 0.6 is 0 Å². The van der Waals surface area contributed by atoms with Gasteiger partial charge in [0.15, 0.2) is 0 Å². The van der Waals surface area contributed by atoms with Crippen LogP contribution in [-0.4, -0.2) is 39.8 Å². The molecule has 0 aliphatic carbocycles. The maximum absolute atomic E-state index is 12.1. The number of likely N-dealkylation sites (tertiary alicyclic amines) is 1. The van der Waals surface area contributed by atoms with Crippen molar-refractivity contribution < 1.29 is 9.53 Å². The molecule has 0 saturated carbocycles. The Balaban J connectivity index is 1.53. The quantitative estimate of drug-likeness (QED) is 0.848. The van der Waals surface area contributed by atoms with Crippen molar-refractivity contribution in [1.29, 1.82) is 5.26 Å². The topological polar surface area (TPSA) is 71.2 Å². The van der Waals surface area contributed by atoms with Gasteiger partial charge in [-0.1, -0.05) is 0 Å². The van der Waals surface area contributed by atoms with Crippen molar-refractivity contribution in [2.45, 2.75) is 6.10 Å². The van der Waals surface area contributed by atoms with Gasteiger partial charge in [-0.05, 0) is 24.3 Å². The van der Waals surface area contributed by atoms with E-state index in [1.165, 1.54) is 0 Å². The van der Waals surface area contributed by atoms with Gasteiger partial charge >= 0.3 is 0 Å². The summed E-state index contributed by atoms with van der Waals surface area (Å²) in [5.41, 5.74) is 1.19. The number of aryl methyl sites for hydroxylation is 1. The van der Waals surface area contributed by atoms with E-state index in [1.54, 1.807) is 53.3 Å². The molecule has 0 unspecified atom stereocenters. The molecule has 0 N–H and O–H groups in total. The molecule has 3 rings (SSSR count). The van der Waals surface area contributed by atoms with Gasteiger partial charge in [-0.15, -0.1) is 0 Å². The minimum Gasteiger partial charge on any atom is -0.487 e. The van der Waals surface area contributed by atoms with Gasteiger partial charge in [0.25, 0.3) is 5.91 Å². The van der Waals surface area contributed by atoms with Crippen LogP contribution in [0.3, 0.4) is 0 Å². The molecule has 2 aromatic rings. The molecule has 106 valence electrons. The molecule has 6 heteroatoms. The molecule has 2 heterocycles. The predicted octanol–water partition coefficient (Wildman–Crippen LogP) is 1.20. The van der Waals surface area contributed by atoms with Crippen LogP contribution in [0.4, 0.5) is 0 Å². The molecule has 1 aromatic carbocycles. The molecule has 0 bridgehead atoms. The lowest BCUT2D eigenvalue weighted by Crippen LogP contribution is -2.56. The molecule has 1 amide bonds. The minimum atomic E-state index is -0.0252. The highest BCUT2D eigenvalue weighted by atomic mass is 16.5. The third kappa shape index (κ3) is 2.72. The monoisotopic (exact) mass is 282 g/mol. The van der Waals surface area contributed by atoms with Gasteiger partial charge < -0.3 is 9.64 Å². The van der Waals surface area contributed by atoms with Crippen LogP contribution < -0.4 is 4.74 Å². The molecule has 1 aliphatic heterocycles. The molecule has 1 aromatic heterocycles. The lowest BCUT2D eigenvalue weighted by molar-refractivity contribution is 0.0178. The minimum absolute atomic E-state index is 0.00134. The first-order valence-corrected chi connectivity index (χ1v) is 6.60. The van der Waals surface area contributed by atoms with Crippen LogP contribution in [0.1, 0.15) is 15.9 Å². The van der Waals surface area contributed by atoms with E-state index in [2.05, 4.69) is 11.2 Å². The summed E-state index contributed by atoms with van der Waals surface area (Å²) in [5.74, 6) is 0.690. The van der Waals surface area contributed by atoms with E-state index in [0.29, 0.717) is 30.0 Å². The van der Waals surface area contributed by atoms with E-state index >= 15 is 0 Å². The van der Waals surface area contributed by atoms with E-state index in [9.17, 15) is 4.79 Å². The van der Waals surface area contributed by atoms with Crippen molar-refractivity contribution in [1.82, 2.24) is 14.7 Å². The highest BCUT2D eigenvalue weighted by molar-refractivity contribution is 5.94. The fourth-order valence-electron chi connectivity index (χ4n) is 2.19. The largest absolute Gasteiger partial charge is 0.487 e. The lowest BCUT2D eigenvalue weighted by Gasteiger charge is -2.38. The summed E-state index contributed by atoms with van der Waals surface area (Å²) in [6.45, 7) is 1.13. The average Bonchev–Trinajstić information content (AvgIpc) is 2.89. The number of ether oxygens (including phenoxy) is 1. The number of aromatic nitrogens is 2. The van der Waals surface area contributed by atoms with Gasteiger partial charge in [-0.25, -0.2) is 0 Å². The highest BCUT2D eigenvalue weighted by Gasteiger charge is 2.33. The number of hydrogen-bond acceptors (Lipinski definition) is 4. The number of benzene rings is 1. The molecule has 21 heavy (non-hydrogen) atoms. The summed E-state index contributed by atoms with van der Waals surface area (Å²) in [7, 11) is 1.78. The number of carbonyl (C=O) groups excluding carboxylic acids is 1. The first kappa shape index (κ1) is 13.2. The van der Waals surface area contributed by atoms with Crippen molar-refractivity contribution in [3.63, 3.8) is 0 Å². The molecule has 6 nitrogen and oxygen atoms in total. The second-order valence-electron chi connectivity index (χ2n) is 4.99. The van der Waals surface area contributed by atoms with E-state index in [0.717, 1.165) is 0 Å². The summed E-state index contributed by atoms with van der Waals surface area (Å²) >= 11 is 0.